The van der Waals surface area contributed by atoms with Crippen LogP contribution in [0.1, 0.15) is 5.56 Å². The molecular formula is C16H13FN4O. The summed E-state index contributed by atoms with van der Waals surface area (Å²) in [6.45, 7) is 0. The summed E-state index contributed by atoms with van der Waals surface area (Å²) in [5.74, 6) is -0.0731. The van der Waals surface area contributed by atoms with Crippen LogP contribution in [0.15, 0.2) is 61.1 Å². The highest BCUT2D eigenvalue weighted by atomic mass is 19.1. The van der Waals surface area contributed by atoms with Crippen molar-refractivity contribution in [2.24, 2.45) is 0 Å². The van der Waals surface area contributed by atoms with Crippen molar-refractivity contribution in [3.63, 3.8) is 0 Å². The van der Waals surface area contributed by atoms with E-state index in [1.807, 2.05) is 0 Å². The van der Waals surface area contributed by atoms with Crippen LogP contribution in [0.4, 0.5) is 10.1 Å². The average Bonchev–Trinajstić information content (AvgIpc) is 3.02. The fourth-order valence-electron chi connectivity index (χ4n) is 2.10. The maximum atomic E-state index is 13.1. The third-order valence-electron chi connectivity index (χ3n) is 3.04. The predicted molar refractivity (Wildman–Crippen MR) is 80.1 cm³/mol. The van der Waals surface area contributed by atoms with Crippen molar-refractivity contribution < 1.29 is 9.18 Å². The van der Waals surface area contributed by atoms with E-state index in [0.29, 0.717) is 17.1 Å². The fourth-order valence-corrected chi connectivity index (χ4v) is 2.10. The third-order valence-corrected chi connectivity index (χ3v) is 3.04. The van der Waals surface area contributed by atoms with Crippen molar-refractivity contribution in [1.82, 2.24) is 14.8 Å². The molecule has 3 rings (SSSR count). The number of halogens is 1. The number of nitrogens with one attached hydrogen (secondary N) is 1. The van der Waals surface area contributed by atoms with Crippen molar-refractivity contribution in [1.29, 1.82) is 0 Å². The molecule has 2 heterocycles. The van der Waals surface area contributed by atoms with Gasteiger partial charge >= 0.3 is 0 Å². The zero-order valence-electron chi connectivity index (χ0n) is 11.6. The largest absolute Gasteiger partial charge is 0.323 e. The molecule has 0 saturated heterocycles. The lowest BCUT2D eigenvalue weighted by Crippen LogP contribution is -2.16. The van der Waals surface area contributed by atoms with Crippen LogP contribution in [0, 0.1) is 5.82 Å². The van der Waals surface area contributed by atoms with E-state index in [9.17, 15) is 9.18 Å². The van der Waals surface area contributed by atoms with Crippen molar-refractivity contribution in [2.45, 2.75) is 6.42 Å². The lowest BCUT2D eigenvalue weighted by atomic mass is 10.1. The zero-order valence-corrected chi connectivity index (χ0v) is 11.6. The Hall–Kier alpha value is -3.02. The molecule has 6 heteroatoms. The quantitative estimate of drug-likeness (QED) is 0.805. The number of carbonyl (C=O) groups is 1. The Kier molecular flexibility index (Phi) is 3.91. The topological polar surface area (TPSA) is 59.8 Å². The molecule has 0 saturated carbocycles. The van der Waals surface area contributed by atoms with Gasteiger partial charge in [0.2, 0.25) is 5.91 Å². The molecule has 0 unspecified atom stereocenters. The molecule has 0 bridgehead atoms. The highest BCUT2D eigenvalue weighted by Crippen LogP contribution is 2.16. The average molecular weight is 296 g/mol. The first-order chi connectivity index (χ1) is 10.7. The van der Waals surface area contributed by atoms with E-state index in [-0.39, 0.29) is 18.1 Å². The Balaban J connectivity index is 1.77. The minimum atomic E-state index is -0.357. The van der Waals surface area contributed by atoms with Crippen LogP contribution >= 0.6 is 0 Å². The van der Waals surface area contributed by atoms with Gasteiger partial charge in [-0.15, -0.1) is 0 Å². The van der Waals surface area contributed by atoms with Gasteiger partial charge in [0.1, 0.15) is 5.82 Å². The minimum absolute atomic E-state index is 0.0885. The summed E-state index contributed by atoms with van der Waals surface area (Å²) >= 11 is 0. The number of pyridine rings is 1. The highest BCUT2D eigenvalue weighted by molar-refractivity contribution is 5.93. The van der Waals surface area contributed by atoms with Gasteiger partial charge in [-0.25, -0.2) is 14.1 Å². The van der Waals surface area contributed by atoms with Crippen LogP contribution < -0.4 is 5.32 Å². The van der Waals surface area contributed by atoms with Gasteiger partial charge in [0.15, 0.2) is 5.82 Å². The van der Waals surface area contributed by atoms with Crippen LogP contribution in [0.3, 0.4) is 0 Å². The van der Waals surface area contributed by atoms with E-state index < -0.39 is 0 Å². The van der Waals surface area contributed by atoms with Crippen LogP contribution in [0.25, 0.3) is 5.82 Å². The van der Waals surface area contributed by atoms with Crippen LogP contribution in [-0.2, 0) is 11.2 Å². The molecule has 0 radical (unpaired) electrons. The van der Waals surface area contributed by atoms with E-state index >= 15 is 0 Å². The van der Waals surface area contributed by atoms with Gasteiger partial charge in [-0.3, -0.25) is 4.79 Å². The molecule has 110 valence electrons. The van der Waals surface area contributed by atoms with E-state index in [4.69, 9.17) is 0 Å². The van der Waals surface area contributed by atoms with Gasteiger partial charge in [0.25, 0.3) is 0 Å². The highest BCUT2D eigenvalue weighted by Gasteiger charge is 2.10. The molecule has 3 aromatic rings. The van der Waals surface area contributed by atoms with Gasteiger partial charge in [-0.05, 0) is 35.9 Å². The molecule has 0 aliphatic carbocycles. The predicted octanol–water partition coefficient (Wildman–Crippen LogP) is 2.59. The van der Waals surface area contributed by atoms with E-state index in [2.05, 4.69) is 15.4 Å². The minimum Gasteiger partial charge on any atom is -0.323 e. The molecule has 0 aliphatic heterocycles. The van der Waals surface area contributed by atoms with Crippen LogP contribution in [0.2, 0.25) is 0 Å². The first-order valence-corrected chi connectivity index (χ1v) is 6.72. The molecule has 1 amide bonds. The number of carbonyl (C=O) groups excluding carboxylic acids is 1. The van der Waals surface area contributed by atoms with Crippen molar-refractivity contribution in [2.75, 3.05) is 5.32 Å². The van der Waals surface area contributed by atoms with E-state index in [0.717, 1.165) is 0 Å². The number of hydrogen-bond donors (Lipinski definition) is 1. The van der Waals surface area contributed by atoms with Crippen LogP contribution in [0.5, 0.6) is 0 Å². The zero-order chi connectivity index (χ0) is 15.4. The molecule has 2 aromatic heterocycles. The molecule has 5 nitrogen and oxygen atoms in total. The van der Waals surface area contributed by atoms with E-state index in [1.54, 1.807) is 53.6 Å². The fraction of sp³-hybridized carbons (Fsp3) is 0.0625. The second kappa shape index (κ2) is 6.17. The first-order valence-electron chi connectivity index (χ1n) is 6.72. The summed E-state index contributed by atoms with van der Waals surface area (Å²) in [4.78, 5) is 16.3. The molecule has 0 fully saturated rings. The monoisotopic (exact) mass is 296 g/mol. The standard InChI is InChI=1S/C16H13FN4O/c17-13-5-1-4-12(10-13)11-15(22)20-14-6-2-7-18-16(14)21-9-3-8-19-21/h1-10H,11H2,(H,20,22). The molecule has 0 aliphatic rings. The summed E-state index contributed by atoms with van der Waals surface area (Å²) in [5.41, 5.74) is 1.16. The Labute approximate surface area is 126 Å². The van der Waals surface area contributed by atoms with Gasteiger partial charge in [0.05, 0.1) is 12.1 Å². The summed E-state index contributed by atoms with van der Waals surface area (Å²) in [6, 6.07) is 11.2. The van der Waals surface area contributed by atoms with Crippen molar-refractivity contribution in [3.05, 3.63) is 72.4 Å². The number of anilines is 1. The number of benzene rings is 1. The third kappa shape index (κ3) is 3.17. The van der Waals surface area contributed by atoms with E-state index in [1.165, 1.54) is 12.1 Å². The summed E-state index contributed by atoms with van der Waals surface area (Å²) < 4.78 is 14.7. The normalized spacial score (nSPS) is 10.4. The second-order valence-electron chi connectivity index (χ2n) is 4.68. The summed E-state index contributed by atoms with van der Waals surface area (Å²) in [5, 5.41) is 6.89. The first kappa shape index (κ1) is 13.9. The Morgan fingerprint density at radius 1 is 1.18 bits per heavy atom. The van der Waals surface area contributed by atoms with Gasteiger partial charge in [0, 0.05) is 18.6 Å². The Bertz CT molecular complexity index is 786. The molecule has 22 heavy (non-hydrogen) atoms. The number of amides is 1. The number of hydrogen-bond acceptors (Lipinski definition) is 3. The van der Waals surface area contributed by atoms with Crippen LogP contribution in [-0.4, -0.2) is 20.7 Å². The number of nitrogens with zero attached hydrogens (tertiary/aromatic N) is 3. The van der Waals surface area contributed by atoms with Crippen molar-refractivity contribution in [3.8, 4) is 5.82 Å². The molecule has 0 spiro atoms. The van der Waals surface area contributed by atoms with Crippen molar-refractivity contribution >= 4 is 11.6 Å². The number of aromatic nitrogens is 3. The molecule has 1 N–H and O–H groups in total. The maximum Gasteiger partial charge on any atom is 0.228 e. The Morgan fingerprint density at radius 2 is 2.09 bits per heavy atom. The molecule has 1 aromatic carbocycles. The Morgan fingerprint density at radius 3 is 2.86 bits per heavy atom. The summed E-state index contributed by atoms with van der Waals surface area (Å²) in [7, 11) is 0. The summed E-state index contributed by atoms with van der Waals surface area (Å²) in [6.07, 6.45) is 5.09. The SMILES string of the molecule is O=C(Cc1cccc(F)c1)Nc1cccnc1-n1cccn1. The second-order valence-corrected chi connectivity index (χ2v) is 4.68. The lowest BCUT2D eigenvalue weighted by molar-refractivity contribution is -0.115. The molecule has 0 atom stereocenters. The van der Waals surface area contributed by atoms with Gasteiger partial charge in [-0.1, -0.05) is 12.1 Å². The lowest BCUT2D eigenvalue weighted by Gasteiger charge is -2.10. The van der Waals surface area contributed by atoms with Gasteiger partial charge in [-0.2, -0.15) is 5.10 Å². The smallest absolute Gasteiger partial charge is 0.228 e. The van der Waals surface area contributed by atoms with Gasteiger partial charge < -0.3 is 5.32 Å². The maximum absolute atomic E-state index is 13.1. The number of rotatable bonds is 4. The molecular weight excluding hydrogens is 283 g/mol.